The summed E-state index contributed by atoms with van der Waals surface area (Å²) in [5, 5.41) is 15.2. The van der Waals surface area contributed by atoms with Gasteiger partial charge in [0.05, 0.1) is 53.4 Å². The summed E-state index contributed by atoms with van der Waals surface area (Å²) in [5.41, 5.74) is 9.38. The van der Waals surface area contributed by atoms with Crippen LogP contribution < -0.4 is 24.4 Å². The summed E-state index contributed by atoms with van der Waals surface area (Å²) in [6.45, 7) is 12.3. The zero-order chi connectivity index (χ0) is 64.0. The number of allylic oxidation sites excluding steroid dienone is 1. The number of hydrogen-bond acceptors (Lipinski definition) is 14. The molecule has 1 unspecified atom stereocenters. The van der Waals surface area contributed by atoms with Crippen LogP contribution in [0.1, 0.15) is 124 Å². The maximum Gasteiger partial charge on any atom is 0.416 e. The van der Waals surface area contributed by atoms with Gasteiger partial charge in [0.15, 0.2) is 23.5 Å². The minimum absolute atomic E-state index is 0.00172. The molecule has 5 aromatic carbocycles. The van der Waals surface area contributed by atoms with Gasteiger partial charge in [-0.15, -0.1) is 0 Å². The Balaban J connectivity index is 0.728. The fourth-order valence-corrected chi connectivity index (χ4v) is 12.5. The minimum atomic E-state index is -1.57. The predicted molar refractivity (Wildman–Crippen MR) is 341 cm³/mol. The number of Topliss-reactive ketones (excluding diaryl/α,β-unsaturated/α-hetero) is 2. The number of carbonyl (C=O) groups is 7. The minimum Gasteiger partial charge on any atom is -0.493 e. The van der Waals surface area contributed by atoms with E-state index in [1.165, 1.54) is 30.9 Å². The smallest absolute Gasteiger partial charge is 0.416 e. The van der Waals surface area contributed by atoms with Crippen molar-refractivity contribution in [3.8, 4) is 17.2 Å². The van der Waals surface area contributed by atoms with E-state index < -0.39 is 36.2 Å². The summed E-state index contributed by atoms with van der Waals surface area (Å²) >= 11 is 0. The average Bonchev–Trinajstić information content (AvgIpc) is 1.69. The first-order valence-corrected chi connectivity index (χ1v) is 31.0. The quantitative estimate of drug-likeness (QED) is 0.0570. The van der Waals surface area contributed by atoms with Crippen LogP contribution in [-0.4, -0.2) is 110 Å². The highest BCUT2D eigenvalue weighted by atomic mass is 16.6. The lowest BCUT2D eigenvalue weighted by Gasteiger charge is -2.39. The van der Waals surface area contributed by atoms with Crippen molar-refractivity contribution in [1.82, 2.24) is 25.0 Å². The maximum atomic E-state index is 14.8. The summed E-state index contributed by atoms with van der Waals surface area (Å²) < 4.78 is 24.6. The second-order valence-electron chi connectivity index (χ2n) is 24.4. The van der Waals surface area contributed by atoms with E-state index in [0.717, 1.165) is 45.6 Å². The molecule has 19 nitrogen and oxygen atoms in total. The number of benzene rings is 5. The number of unbranched alkanes of at least 4 members (excludes halogenated alkanes) is 2. The third-order valence-corrected chi connectivity index (χ3v) is 17.8. The van der Waals surface area contributed by atoms with Crippen LogP contribution in [0.2, 0.25) is 0 Å². The molecule has 6 heterocycles. The van der Waals surface area contributed by atoms with Crippen LogP contribution in [0.15, 0.2) is 145 Å². The van der Waals surface area contributed by atoms with E-state index in [-0.39, 0.29) is 110 Å². The number of aromatic nitrogens is 1. The summed E-state index contributed by atoms with van der Waals surface area (Å²) in [6.07, 6.45) is 7.62. The molecule has 11 rings (SSSR count). The lowest BCUT2D eigenvalue weighted by atomic mass is 9.88. The van der Waals surface area contributed by atoms with Crippen LogP contribution >= 0.6 is 0 Å². The number of anilines is 1. The standard InChI is InChI=1S/C72H75N7O12/c1-43(2)57(33-56(80)18-8-7-13-27-76-45(4)19-24-67(76)82)68(83)75-46(5)63(81)30-47-20-22-48(23-21-47)40-91-72(87)79-61-36-66(65(88-6)34-59(61)70(85)78-39-53-17-12-10-15-51(53)32-62(78)71(79)86)90-42-54-29-49(25-26-73-54)41-89-64-35-60-58(28-44(64)3)69(84)77-38-52-16-11-9-14-50(52)31-55(77)37-74-60/h9-12,14-17,19-26,28-29,34-37,43,46,55,57,62,71,86H,4,7-8,13,18,27,30-33,38-42H2,1-3,5-6H3,(H,75,83)/t46-,55-,57-,62-,71?/m0/s1. The van der Waals surface area contributed by atoms with Gasteiger partial charge in [0.1, 0.15) is 31.4 Å². The fraction of sp³-hybridized carbons (Fsp3) is 0.347. The van der Waals surface area contributed by atoms with Gasteiger partial charge in [0, 0.05) is 81.1 Å². The molecule has 5 aliphatic rings. The Kier molecular flexibility index (Phi) is 19.0. The van der Waals surface area contributed by atoms with Gasteiger partial charge < -0.3 is 44.1 Å². The first-order valence-electron chi connectivity index (χ1n) is 31.0. The summed E-state index contributed by atoms with van der Waals surface area (Å²) in [4.78, 5) is 111. The highest BCUT2D eigenvalue weighted by Gasteiger charge is 2.46. The van der Waals surface area contributed by atoms with Gasteiger partial charge >= 0.3 is 6.09 Å². The van der Waals surface area contributed by atoms with Gasteiger partial charge in [0.25, 0.3) is 17.7 Å². The van der Waals surface area contributed by atoms with Crippen molar-refractivity contribution in [3.63, 3.8) is 0 Å². The van der Waals surface area contributed by atoms with Crippen LogP contribution in [0.5, 0.6) is 17.2 Å². The largest absolute Gasteiger partial charge is 0.493 e. The van der Waals surface area contributed by atoms with Gasteiger partial charge in [-0.1, -0.05) is 99.6 Å². The van der Waals surface area contributed by atoms with Crippen LogP contribution in [0, 0.1) is 18.8 Å². The number of fused-ring (bicyclic) bond motifs is 6. The van der Waals surface area contributed by atoms with Crippen molar-refractivity contribution in [2.24, 2.45) is 16.8 Å². The van der Waals surface area contributed by atoms with E-state index >= 15 is 0 Å². The van der Waals surface area contributed by atoms with Crippen molar-refractivity contribution >= 4 is 58.9 Å². The molecule has 0 fully saturated rings. The number of nitrogens with one attached hydrogen (secondary N) is 1. The van der Waals surface area contributed by atoms with Gasteiger partial charge in [-0.2, -0.15) is 0 Å². The predicted octanol–water partition coefficient (Wildman–Crippen LogP) is 10.2. The molecule has 5 aliphatic heterocycles. The molecule has 0 saturated carbocycles. The normalized spacial score (nSPS) is 17.8. The average molecular weight is 1230 g/mol. The molecule has 2 N–H and O–H groups in total. The SMILES string of the molecule is C=C1C=CC(=O)N1CCCCCC(=O)C[C@H](C(=O)N[C@@H](C)C(=O)Cc1ccc(COC(=O)N2c3cc(OCc4cc(COc5cc6c(cc5C)C(=O)N5Cc7ccccc7C[C@H]5C=N6)ccn4)c(OC)cc3C(=O)N3Cc4ccccc4C[C@H]3C2O)cc1)C(C)C. The van der Waals surface area contributed by atoms with Crippen molar-refractivity contribution in [3.05, 3.63) is 201 Å². The molecule has 0 radical (unpaired) electrons. The van der Waals surface area contributed by atoms with Gasteiger partial charge in [-0.25, -0.2) is 9.69 Å². The van der Waals surface area contributed by atoms with Gasteiger partial charge in [-0.3, -0.25) is 38.7 Å². The van der Waals surface area contributed by atoms with E-state index in [4.69, 9.17) is 23.9 Å². The Morgan fingerprint density at radius 2 is 1.42 bits per heavy atom. The number of methoxy groups -OCH3 is 1. The number of nitrogens with zero attached hydrogens (tertiary/aromatic N) is 6. The maximum absolute atomic E-state index is 14.8. The number of pyridine rings is 1. The van der Waals surface area contributed by atoms with Crippen LogP contribution in [0.4, 0.5) is 16.2 Å². The number of ether oxygens (including phenoxy) is 4. The van der Waals surface area contributed by atoms with E-state index in [9.17, 15) is 38.7 Å². The van der Waals surface area contributed by atoms with E-state index in [1.54, 1.807) is 53.3 Å². The molecule has 470 valence electrons. The first kappa shape index (κ1) is 62.8. The molecular formula is C72H75N7O12. The first-order chi connectivity index (χ1) is 43.9. The molecule has 0 saturated heterocycles. The monoisotopic (exact) mass is 1230 g/mol. The van der Waals surface area contributed by atoms with Crippen LogP contribution in [0.3, 0.4) is 0 Å². The Morgan fingerprint density at radius 1 is 0.725 bits per heavy atom. The number of aliphatic imine (C=N–C) groups is 1. The lowest BCUT2D eigenvalue weighted by Crippen LogP contribution is -2.55. The fourth-order valence-electron chi connectivity index (χ4n) is 12.5. The van der Waals surface area contributed by atoms with Gasteiger partial charge in [-0.05, 0) is 120 Å². The zero-order valence-corrected chi connectivity index (χ0v) is 51.9. The second-order valence-corrected chi connectivity index (χ2v) is 24.4. The van der Waals surface area contributed by atoms with E-state index in [2.05, 4.69) is 29.0 Å². The molecular weight excluding hydrogens is 1150 g/mol. The molecule has 0 bridgehead atoms. The number of aryl methyl sites for hydroxylation is 1. The number of aliphatic hydroxyl groups excluding tert-OH is 1. The van der Waals surface area contributed by atoms with E-state index in [1.807, 2.05) is 92.5 Å². The Labute approximate surface area is 529 Å². The molecule has 5 atom stereocenters. The number of carbonyl (C=O) groups excluding carboxylic acids is 7. The summed E-state index contributed by atoms with van der Waals surface area (Å²) in [6, 6.07) is 31.2. The van der Waals surface area contributed by atoms with Gasteiger partial charge in [0.2, 0.25) is 5.91 Å². The Bertz CT molecular complexity index is 3880. The van der Waals surface area contributed by atoms with Crippen molar-refractivity contribution in [2.75, 3.05) is 18.6 Å². The Hall–Kier alpha value is -9.75. The molecule has 0 spiro atoms. The van der Waals surface area contributed by atoms with Crippen molar-refractivity contribution in [1.29, 1.82) is 0 Å². The summed E-state index contributed by atoms with van der Waals surface area (Å²) in [7, 11) is 1.45. The lowest BCUT2D eigenvalue weighted by molar-refractivity contribution is -0.133. The zero-order valence-electron chi connectivity index (χ0n) is 51.9. The summed E-state index contributed by atoms with van der Waals surface area (Å²) in [5.74, 6) is -1.04. The molecule has 6 aromatic rings. The highest BCUT2D eigenvalue weighted by molar-refractivity contribution is 6.06. The molecule has 0 aliphatic carbocycles. The van der Waals surface area contributed by atoms with Crippen molar-refractivity contribution in [2.45, 2.75) is 136 Å². The Morgan fingerprint density at radius 3 is 2.13 bits per heavy atom. The molecule has 91 heavy (non-hydrogen) atoms. The van der Waals surface area contributed by atoms with E-state index in [0.29, 0.717) is 71.9 Å². The molecule has 1 aromatic heterocycles. The van der Waals surface area contributed by atoms with Crippen LogP contribution in [0.25, 0.3) is 0 Å². The number of amides is 5. The third-order valence-electron chi connectivity index (χ3n) is 17.8. The third kappa shape index (κ3) is 14.0. The van der Waals surface area contributed by atoms with Crippen LogP contribution in [-0.2, 0) is 76.1 Å². The second kappa shape index (κ2) is 27.6. The topological polar surface area (TPSA) is 227 Å². The van der Waals surface area contributed by atoms with Crippen molar-refractivity contribution < 1.29 is 57.6 Å². The molecule has 19 heteroatoms. The highest BCUT2D eigenvalue weighted by Crippen LogP contribution is 2.43. The number of rotatable bonds is 23. The molecule has 5 amide bonds. The number of hydrogen-bond donors (Lipinski definition) is 2. The number of aliphatic hydroxyl groups is 1. The number of ketones is 2.